The van der Waals surface area contributed by atoms with Crippen LogP contribution in [0.4, 0.5) is 0 Å². The number of hydrogen-bond donors (Lipinski definition) is 1. The van der Waals surface area contributed by atoms with Gasteiger partial charge in [0.05, 0.1) is 6.61 Å². The third kappa shape index (κ3) is 6.50. The van der Waals surface area contributed by atoms with Crippen molar-refractivity contribution in [2.45, 2.75) is 51.9 Å². The van der Waals surface area contributed by atoms with Gasteiger partial charge in [-0.1, -0.05) is 0 Å². The van der Waals surface area contributed by atoms with E-state index in [1.54, 1.807) is 0 Å². The average molecular weight is 327 g/mol. The third-order valence-corrected chi connectivity index (χ3v) is 3.10. The number of esters is 2. The molecule has 0 aromatic carbocycles. The highest BCUT2D eigenvalue weighted by molar-refractivity contribution is 5.75. The summed E-state index contributed by atoms with van der Waals surface area (Å²) < 4.78 is 15.5. The molecule has 0 aliphatic carbocycles. The molecule has 1 rings (SSSR count). The van der Waals surface area contributed by atoms with Crippen LogP contribution in [-0.4, -0.2) is 49.0 Å². The fraction of sp³-hybridized carbons (Fsp3) is 0.600. The molecule has 0 spiro atoms. The number of carbonyl (C=O) groups excluding carboxylic acids is 4. The molecule has 1 aliphatic heterocycles. The Hall–Kier alpha value is -2.38. The Morgan fingerprint density at radius 3 is 2.48 bits per heavy atom. The smallest absolute Gasteiger partial charge is 0.303 e. The summed E-state index contributed by atoms with van der Waals surface area (Å²) in [7, 11) is 0. The lowest BCUT2D eigenvalue weighted by Crippen LogP contribution is -2.54. The summed E-state index contributed by atoms with van der Waals surface area (Å²) in [5, 5.41) is 2.67. The zero-order valence-electron chi connectivity index (χ0n) is 13.4. The Labute approximate surface area is 134 Å². The number of aldehydes is 1. The number of rotatable bonds is 7. The topological polar surface area (TPSA) is 108 Å². The molecule has 0 saturated heterocycles. The van der Waals surface area contributed by atoms with Gasteiger partial charge in [0.25, 0.3) is 0 Å². The van der Waals surface area contributed by atoms with Crippen molar-refractivity contribution in [1.82, 2.24) is 5.32 Å². The second-order valence-electron chi connectivity index (χ2n) is 5.13. The van der Waals surface area contributed by atoms with E-state index in [1.165, 1.54) is 26.8 Å². The number of ether oxygens (including phenoxy) is 3. The van der Waals surface area contributed by atoms with Crippen LogP contribution in [0.1, 0.15) is 33.6 Å². The Morgan fingerprint density at radius 1 is 1.26 bits per heavy atom. The molecule has 0 bridgehead atoms. The molecule has 23 heavy (non-hydrogen) atoms. The summed E-state index contributed by atoms with van der Waals surface area (Å²) in [4.78, 5) is 44.4. The monoisotopic (exact) mass is 327 g/mol. The minimum atomic E-state index is -0.802. The van der Waals surface area contributed by atoms with E-state index in [0.717, 1.165) is 0 Å². The molecule has 1 heterocycles. The average Bonchev–Trinajstić information content (AvgIpc) is 2.44. The van der Waals surface area contributed by atoms with Crippen molar-refractivity contribution < 1.29 is 33.4 Å². The van der Waals surface area contributed by atoms with E-state index in [1.807, 2.05) is 0 Å². The number of amides is 1. The third-order valence-electron chi connectivity index (χ3n) is 3.10. The van der Waals surface area contributed by atoms with Crippen molar-refractivity contribution in [2.75, 3.05) is 6.61 Å². The van der Waals surface area contributed by atoms with Crippen molar-refractivity contribution in [2.24, 2.45) is 0 Å². The maximum Gasteiger partial charge on any atom is 0.303 e. The molecule has 0 aromatic heterocycles. The van der Waals surface area contributed by atoms with Crippen LogP contribution in [0.15, 0.2) is 11.8 Å². The lowest BCUT2D eigenvalue weighted by atomic mass is 9.97. The van der Waals surface area contributed by atoms with Crippen LogP contribution in [0, 0.1) is 0 Å². The quantitative estimate of drug-likeness (QED) is 0.405. The Bertz CT molecular complexity index is 500. The van der Waals surface area contributed by atoms with E-state index < -0.39 is 24.2 Å². The van der Waals surface area contributed by atoms with Crippen molar-refractivity contribution in [3.8, 4) is 0 Å². The number of carbonyl (C=O) groups is 4. The first-order chi connectivity index (χ1) is 10.8. The molecule has 0 fully saturated rings. The van der Waals surface area contributed by atoms with Crippen LogP contribution in [0.3, 0.4) is 0 Å². The maximum absolute atomic E-state index is 11.4. The molecule has 128 valence electrons. The first-order valence-electron chi connectivity index (χ1n) is 7.24. The molecule has 1 amide bonds. The zero-order valence-corrected chi connectivity index (χ0v) is 13.4. The molecule has 1 aliphatic rings. The summed E-state index contributed by atoms with van der Waals surface area (Å²) in [5.74, 6) is -1.20. The first kappa shape index (κ1) is 18.7. The van der Waals surface area contributed by atoms with Gasteiger partial charge in [-0.15, -0.1) is 0 Å². The molecular formula is C15H21NO7. The van der Waals surface area contributed by atoms with Gasteiger partial charge in [0.1, 0.15) is 18.2 Å². The molecule has 0 aromatic rings. The molecule has 0 radical (unpaired) electrons. The molecule has 3 unspecified atom stereocenters. The van der Waals surface area contributed by atoms with Crippen molar-refractivity contribution in [3.05, 3.63) is 11.8 Å². The number of nitrogens with one attached hydrogen (secondary N) is 1. The first-order valence-corrected chi connectivity index (χ1v) is 7.24. The van der Waals surface area contributed by atoms with E-state index in [0.29, 0.717) is 19.1 Å². The Morgan fingerprint density at radius 2 is 1.96 bits per heavy atom. The molecule has 1 N–H and O–H groups in total. The van der Waals surface area contributed by atoms with Crippen LogP contribution in [0.5, 0.6) is 0 Å². The fourth-order valence-corrected chi connectivity index (χ4v) is 2.28. The van der Waals surface area contributed by atoms with E-state index >= 15 is 0 Å². The molecule has 8 heteroatoms. The van der Waals surface area contributed by atoms with Crippen LogP contribution in [0.2, 0.25) is 0 Å². The number of hydrogen-bond acceptors (Lipinski definition) is 7. The highest BCUT2D eigenvalue weighted by atomic mass is 16.6. The summed E-state index contributed by atoms with van der Waals surface area (Å²) >= 11 is 0. The minimum absolute atomic E-state index is 0.0374. The predicted octanol–water partition coefficient (Wildman–Crippen LogP) is 0.248. The van der Waals surface area contributed by atoms with Gasteiger partial charge < -0.3 is 19.5 Å². The Balaban J connectivity index is 2.83. The van der Waals surface area contributed by atoms with E-state index in [-0.39, 0.29) is 24.2 Å². The standard InChI is InChI=1S/C15H21NO7/c1-9(18)16-15-13(5-4-6-21-10(2)19)23-12(8-17)7-14(15)22-11(3)20/h7-8,13-15H,4-6H2,1-3H3,(H,16,18). The van der Waals surface area contributed by atoms with E-state index in [2.05, 4.69) is 5.32 Å². The van der Waals surface area contributed by atoms with E-state index in [4.69, 9.17) is 14.2 Å². The van der Waals surface area contributed by atoms with Crippen molar-refractivity contribution in [1.29, 1.82) is 0 Å². The van der Waals surface area contributed by atoms with E-state index in [9.17, 15) is 19.2 Å². The molecule has 3 atom stereocenters. The second kappa shape index (κ2) is 8.92. The van der Waals surface area contributed by atoms with Crippen molar-refractivity contribution in [3.63, 3.8) is 0 Å². The van der Waals surface area contributed by atoms with Gasteiger partial charge in [-0.2, -0.15) is 0 Å². The molecular weight excluding hydrogens is 306 g/mol. The maximum atomic E-state index is 11.4. The fourth-order valence-electron chi connectivity index (χ4n) is 2.28. The SMILES string of the molecule is CC(=O)NC1C(OC(C)=O)C=C(C=O)OC1CCCOC(C)=O. The second-order valence-corrected chi connectivity index (χ2v) is 5.13. The lowest BCUT2D eigenvalue weighted by Gasteiger charge is -2.36. The van der Waals surface area contributed by atoms with Crippen molar-refractivity contribution >= 4 is 24.1 Å². The van der Waals surface area contributed by atoms with Gasteiger partial charge in [0.2, 0.25) is 5.91 Å². The summed E-state index contributed by atoms with van der Waals surface area (Å²) in [6.45, 7) is 4.08. The molecule has 0 saturated carbocycles. The van der Waals surface area contributed by atoms with Gasteiger partial charge in [0, 0.05) is 26.8 Å². The van der Waals surface area contributed by atoms with Crippen LogP contribution < -0.4 is 5.32 Å². The molecule has 8 nitrogen and oxygen atoms in total. The summed E-state index contributed by atoms with van der Waals surface area (Å²) in [5.41, 5.74) is 0. The summed E-state index contributed by atoms with van der Waals surface area (Å²) in [6.07, 6.45) is 1.37. The van der Waals surface area contributed by atoms with Crippen LogP contribution in [-0.2, 0) is 33.4 Å². The normalized spacial score (nSPS) is 23.1. The zero-order chi connectivity index (χ0) is 17.4. The van der Waals surface area contributed by atoms with Gasteiger partial charge in [-0.3, -0.25) is 19.2 Å². The van der Waals surface area contributed by atoms with Gasteiger partial charge in [0.15, 0.2) is 12.0 Å². The van der Waals surface area contributed by atoms with Crippen LogP contribution >= 0.6 is 0 Å². The van der Waals surface area contributed by atoms with Gasteiger partial charge >= 0.3 is 11.9 Å². The Kier molecular flexibility index (Phi) is 7.24. The minimum Gasteiger partial charge on any atom is -0.485 e. The van der Waals surface area contributed by atoms with Gasteiger partial charge in [-0.05, 0) is 12.8 Å². The van der Waals surface area contributed by atoms with Crippen LogP contribution in [0.25, 0.3) is 0 Å². The highest BCUT2D eigenvalue weighted by Gasteiger charge is 2.37. The number of allylic oxidation sites excluding steroid dienone is 1. The predicted molar refractivity (Wildman–Crippen MR) is 78.0 cm³/mol. The summed E-state index contributed by atoms with van der Waals surface area (Å²) in [6, 6.07) is -0.627. The van der Waals surface area contributed by atoms with Gasteiger partial charge in [-0.25, -0.2) is 0 Å². The highest BCUT2D eigenvalue weighted by Crippen LogP contribution is 2.23. The largest absolute Gasteiger partial charge is 0.485 e. The lowest BCUT2D eigenvalue weighted by molar-refractivity contribution is -0.150.